The maximum atomic E-state index is 11.4. The molecule has 6 nitrogen and oxygen atoms in total. The molecule has 1 unspecified atom stereocenters. The summed E-state index contributed by atoms with van der Waals surface area (Å²) in [7, 11) is 2.25. The summed E-state index contributed by atoms with van der Waals surface area (Å²) in [5, 5.41) is 14.5. The molecule has 7 heteroatoms. The summed E-state index contributed by atoms with van der Waals surface area (Å²) < 4.78 is 5.16. The highest BCUT2D eigenvalue weighted by atomic mass is 31.0. The number of hydrogen-bond donors (Lipinski definition) is 2. The molecule has 1 aromatic carbocycles. The molecule has 1 atom stereocenters. The number of nitriles is 1. The monoisotopic (exact) mass is 274 g/mol. The van der Waals surface area contributed by atoms with Gasteiger partial charge in [0, 0.05) is 11.3 Å². The molecule has 1 amide bonds. The lowest BCUT2D eigenvalue weighted by Crippen LogP contribution is -2.22. The van der Waals surface area contributed by atoms with E-state index in [1.807, 2.05) is 0 Å². The third-order valence-electron chi connectivity index (χ3n) is 2.38. The molecule has 0 radical (unpaired) electrons. The van der Waals surface area contributed by atoms with E-state index in [4.69, 9.17) is 9.68 Å². The topological polar surface area (TPSA) is 91.0 Å². The van der Waals surface area contributed by atoms with Gasteiger partial charge in [-0.2, -0.15) is 5.26 Å². The predicted octanol–water partition coefficient (Wildman–Crippen LogP) is 1.53. The zero-order chi connectivity index (χ0) is 13.7. The minimum absolute atomic E-state index is 0.177. The molecule has 0 spiro atoms. The molecular weight excluding hydrogens is 263 g/mol. The molecule has 0 aliphatic rings. The summed E-state index contributed by atoms with van der Waals surface area (Å²) in [6, 6.07) is 7.09. The Bertz CT molecular complexity index is 619. The lowest BCUT2D eigenvalue weighted by atomic mass is 10.1. The van der Waals surface area contributed by atoms with E-state index in [9.17, 15) is 4.79 Å². The fourth-order valence-electron chi connectivity index (χ4n) is 1.58. The lowest BCUT2D eigenvalue weighted by Gasteiger charge is -2.07. The summed E-state index contributed by atoms with van der Waals surface area (Å²) in [5.74, 6) is 0.326. The Morgan fingerprint density at radius 3 is 3.00 bits per heavy atom. The largest absolute Gasteiger partial charge is 0.443 e. The first-order chi connectivity index (χ1) is 9.24. The number of oxazole rings is 1. The third kappa shape index (κ3) is 3.16. The first-order valence-electron chi connectivity index (χ1n) is 5.41. The van der Waals surface area contributed by atoms with Gasteiger partial charge in [0.2, 0.25) is 5.91 Å². The number of hydrogen-bond acceptors (Lipinski definition) is 5. The number of aromatic nitrogens is 1. The second kappa shape index (κ2) is 6.10. The van der Waals surface area contributed by atoms with E-state index in [-0.39, 0.29) is 12.5 Å². The highest BCUT2D eigenvalue weighted by Gasteiger charge is 2.10. The molecule has 2 aromatic rings. The number of nitrogens with one attached hydrogen (secondary N) is 2. The van der Waals surface area contributed by atoms with Crippen molar-refractivity contribution in [2.24, 2.45) is 0 Å². The Labute approximate surface area is 112 Å². The summed E-state index contributed by atoms with van der Waals surface area (Å²) >= 11 is 0. The molecule has 1 heterocycles. The van der Waals surface area contributed by atoms with Crippen LogP contribution in [-0.4, -0.2) is 17.4 Å². The number of amides is 1. The van der Waals surface area contributed by atoms with Gasteiger partial charge in [-0.25, -0.2) is 4.98 Å². The van der Waals surface area contributed by atoms with Gasteiger partial charge in [-0.3, -0.25) is 9.88 Å². The first kappa shape index (κ1) is 13.2. The van der Waals surface area contributed by atoms with Crippen molar-refractivity contribution in [1.82, 2.24) is 10.1 Å². The summed E-state index contributed by atoms with van der Waals surface area (Å²) in [4.78, 5) is 15.2. The van der Waals surface area contributed by atoms with Crippen LogP contribution >= 0.6 is 9.39 Å². The van der Waals surface area contributed by atoms with Crippen LogP contribution in [0.2, 0.25) is 0 Å². The normalized spacial score (nSPS) is 9.89. The molecule has 0 aliphatic carbocycles. The van der Waals surface area contributed by atoms with E-state index >= 15 is 0 Å². The molecule has 2 rings (SSSR count). The van der Waals surface area contributed by atoms with E-state index in [0.717, 1.165) is 0 Å². The van der Waals surface area contributed by atoms with Crippen molar-refractivity contribution >= 4 is 21.0 Å². The van der Waals surface area contributed by atoms with E-state index in [1.54, 1.807) is 18.2 Å². The van der Waals surface area contributed by atoms with Gasteiger partial charge in [0.15, 0.2) is 12.2 Å². The van der Waals surface area contributed by atoms with Crippen LogP contribution in [0.5, 0.6) is 0 Å². The lowest BCUT2D eigenvalue weighted by molar-refractivity contribution is -0.115. The van der Waals surface area contributed by atoms with Crippen LogP contribution in [-0.2, 0) is 4.79 Å². The van der Waals surface area contributed by atoms with Crippen LogP contribution in [0.25, 0.3) is 11.3 Å². The fourth-order valence-corrected chi connectivity index (χ4v) is 1.76. The van der Waals surface area contributed by atoms with Gasteiger partial charge in [-0.15, -0.1) is 0 Å². The van der Waals surface area contributed by atoms with Gasteiger partial charge in [-0.05, 0) is 18.2 Å². The molecular formula is C12H11N4O2P. The Hall–Kier alpha value is -2.22. The van der Waals surface area contributed by atoms with E-state index < -0.39 is 0 Å². The van der Waals surface area contributed by atoms with Crippen molar-refractivity contribution < 1.29 is 9.21 Å². The maximum Gasteiger partial charge on any atom is 0.238 e. The Morgan fingerprint density at radius 1 is 1.53 bits per heavy atom. The zero-order valence-electron chi connectivity index (χ0n) is 9.88. The molecule has 0 saturated carbocycles. The smallest absolute Gasteiger partial charge is 0.238 e. The van der Waals surface area contributed by atoms with Crippen molar-refractivity contribution in [3.8, 4) is 17.4 Å². The van der Waals surface area contributed by atoms with E-state index in [1.165, 1.54) is 12.6 Å². The number of rotatable bonds is 4. The average Bonchev–Trinajstić information content (AvgIpc) is 2.92. The SMILES string of the molecule is N#Cc1cc(NC(=O)CNP)ccc1-c1cnco1. The first-order valence-corrected chi connectivity index (χ1v) is 5.98. The zero-order valence-corrected chi connectivity index (χ0v) is 11.0. The summed E-state index contributed by atoms with van der Waals surface area (Å²) in [5.41, 5.74) is 1.61. The fraction of sp³-hybridized carbons (Fsp3) is 0.0833. The minimum atomic E-state index is -0.189. The van der Waals surface area contributed by atoms with Gasteiger partial charge in [0.05, 0.1) is 24.4 Å². The summed E-state index contributed by atoms with van der Waals surface area (Å²) in [6.07, 6.45) is 2.84. The van der Waals surface area contributed by atoms with E-state index in [0.29, 0.717) is 22.6 Å². The van der Waals surface area contributed by atoms with Crippen molar-refractivity contribution in [2.45, 2.75) is 0 Å². The molecule has 0 aliphatic heterocycles. The molecule has 2 N–H and O–H groups in total. The second-order valence-corrected chi connectivity index (χ2v) is 4.08. The number of anilines is 1. The molecule has 0 bridgehead atoms. The Morgan fingerprint density at radius 2 is 2.37 bits per heavy atom. The van der Waals surface area contributed by atoms with Crippen LogP contribution < -0.4 is 10.4 Å². The van der Waals surface area contributed by atoms with Gasteiger partial charge in [-0.1, -0.05) is 9.39 Å². The van der Waals surface area contributed by atoms with Crippen LogP contribution in [0, 0.1) is 11.3 Å². The predicted molar refractivity (Wildman–Crippen MR) is 73.0 cm³/mol. The molecule has 0 fully saturated rings. The van der Waals surface area contributed by atoms with Gasteiger partial charge < -0.3 is 9.73 Å². The van der Waals surface area contributed by atoms with Crippen LogP contribution in [0.1, 0.15) is 5.56 Å². The number of benzene rings is 1. The van der Waals surface area contributed by atoms with Gasteiger partial charge in [0.25, 0.3) is 0 Å². The highest BCUT2D eigenvalue weighted by molar-refractivity contribution is 7.13. The average molecular weight is 274 g/mol. The second-order valence-electron chi connectivity index (χ2n) is 3.67. The number of carbonyl (C=O) groups excluding carboxylic acids is 1. The van der Waals surface area contributed by atoms with Crippen LogP contribution in [0.4, 0.5) is 5.69 Å². The molecule has 96 valence electrons. The van der Waals surface area contributed by atoms with Crippen molar-refractivity contribution in [3.63, 3.8) is 0 Å². The summed E-state index contributed by atoms with van der Waals surface area (Å²) in [6.45, 7) is 0.177. The van der Waals surface area contributed by atoms with Crippen molar-refractivity contribution in [3.05, 3.63) is 36.4 Å². The number of carbonyl (C=O) groups is 1. The Kier molecular flexibility index (Phi) is 4.24. The standard InChI is InChI=1S/C12H11N4O2P/c13-4-8-3-9(16-12(17)6-15-19)1-2-10(8)11-5-14-7-18-11/h1-3,5,7,15H,6,19H2,(H,16,17). The highest BCUT2D eigenvalue weighted by Crippen LogP contribution is 2.25. The van der Waals surface area contributed by atoms with Crippen molar-refractivity contribution in [2.75, 3.05) is 11.9 Å². The van der Waals surface area contributed by atoms with Crippen molar-refractivity contribution in [1.29, 1.82) is 5.26 Å². The van der Waals surface area contributed by atoms with E-state index in [2.05, 4.69) is 30.8 Å². The quantitative estimate of drug-likeness (QED) is 0.825. The number of nitrogens with zero attached hydrogens (tertiary/aromatic N) is 2. The molecule has 19 heavy (non-hydrogen) atoms. The third-order valence-corrected chi connectivity index (χ3v) is 2.59. The molecule has 1 aromatic heterocycles. The molecule has 0 saturated heterocycles. The van der Waals surface area contributed by atoms with Crippen LogP contribution in [0.15, 0.2) is 35.2 Å². The Balaban J connectivity index is 2.27. The minimum Gasteiger partial charge on any atom is -0.443 e. The van der Waals surface area contributed by atoms with Gasteiger partial charge in [0.1, 0.15) is 0 Å². The van der Waals surface area contributed by atoms with Gasteiger partial charge >= 0.3 is 0 Å². The maximum absolute atomic E-state index is 11.4. The van der Waals surface area contributed by atoms with Crippen LogP contribution in [0.3, 0.4) is 0 Å².